The van der Waals surface area contributed by atoms with Crippen LogP contribution in [0.3, 0.4) is 0 Å². The molecule has 0 saturated carbocycles. The fourth-order valence-corrected chi connectivity index (χ4v) is 1.48. The molecule has 98 valence electrons. The molecule has 0 aliphatic rings. The SMILES string of the molecule is Nc1ccc(NC(=O)Nc2ccc(=O)[nH]n2)cc1Cl. The molecule has 8 heteroatoms. The van der Waals surface area contributed by atoms with E-state index in [2.05, 4.69) is 20.8 Å². The second kappa shape index (κ2) is 5.40. The van der Waals surface area contributed by atoms with Gasteiger partial charge >= 0.3 is 6.03 Å². The van der Waals surface area contributed by atoms with Crippen molar-refractivity contribution in [1.29, 1.82) is 0 Å². The van der Waals surface area contributed by atoms with Crippen LogP contribution in [-0.2, 0) is 0 Å². The number of nitrogen functional groups attached to an aromatic ring is 1. The van der Waals surface area contributed by atoms with Crippen molar-refractivity contribution in [3.63, 3.8) is 0 Å². The molecule has 1 heterocycles. The van der Waals surface area contributed by atoms with E-state index in [1.165, 1.54) is 18.2 Å². The first kappa shape index (κ1) is 12.9. The Kier molecular flexibility index (Phi) is 3.67. The highest BCUT2D eigenvalue weighted by Crippen LogP contribution is 2.22. The lowest BCUT2D eigenvalue weighted by atomic mass is 10.3. The number of hydrogen-bond acceptors (Lipinski definition) is 4. The van der Waals surface area contributed by atoms with Gasteiger partial charge in [0.2, 0.25) is 0 Å². The van der Waals surface area contributed by atoms with Crippen molar-refractivity contribution >= 4 is 34.8 Å². The minimum absolute atomic E-state index is 0.221. The number of amides is 2. The maximum atomic E-state index is 11.6. The molecule has 0 fully saturated rings. The smallest absolute Gasteiger partial charge is 0.324 e. The Labute approximate surface area is 112 Å². The number of aromatic amines is 1. The van der Waals surface area contributed by atoms with Crippen molar-refractivity contribution in [3.8, 4) is 0 Å². The van der Waals surface area contributed by atoms with E-state index in [1.54, 1.807) is 12.1 Å². The summed E-state index contributed by atoms with van der Waals surface area (Å²) in [4.78, 5) is 22.4. The zero-order valence-corrected chi connectivity index (χ0v) is 10.4. The Bertz CT molecular complexity index is 650. The molecule has 2 amide bonds. The van der Waals surface area contributed by atoms with Crippen LogP contribution >= 0.6 is 11.6 Å². The first-order valence-corrected chi connectivity index (χ1v) is 5.61. The number of aromatic nitrogens is 2. The molecule has 7 nitrogen and oxygen atoms in total. The number of nitrogens with one attached hydrogen (secondary N) is 3. The Morgan fingerprint density at radius 2 is 2.05 bits per heavy atom. The van der Waals surface area contributed by atoms with E-state index in [-0.39, 0.29) is 11.4 Å². The monoisotopic (exact) mass is 279 g/mol. The summed E-state index contributed by atoms with van der Waals surface area (Å²) in [6.45, 7) is 0. The molecule has 5 N–H and O–H groups in total. The highest BCUT2D eigenvalue weighted by atomic mass is 35.5. The fourth-order valence-electron chi connectivity index (χ4n) is 1.30. The quantitative estimate of drug-likeness (QED) is 0.626. The van der Waals surface area contributed by atoms with E-state index >= 15 is 0 Å². The molecule has 0 radical (unpaired) electrons. The Morgan fingerprint density at radius 1 is 1.26 bits per heavy atom. The van der Waals surface area contributed by atoms with E-state index < -0.39 is 6.03 Å². The largest absolute Gasteiger partial charge is 0.398 e. The van der Waals surface area contributed by atoms with Gasteiger partial charge in [-0.25, -0.2) is 9.89 Å². The minimum Gasteiger partial charge on any atom is -0.398 e. The lowest BCUT2D eigenvalue weighted by Gasteiger charge is -2.07. The third-order valence-corrected chi connectivity index (χ3v) is 2.51. The number of carbonyl (C=O) groups is 1. The van der Waals surface area contributed by atoms with Gasteiger partial charge in [0.25, 0.3) is 5.56 Å². The van der Waals surface area contributed by atoms with Crippen LogP contribution in [0.5, 0.6) is 0 Å². The summed E-state index contributed by atoms with van der Waals surface area (Å²) in [6, 6.07) is 6.84. The third kappa shape index (κ3) is 3.46. The van der Waals surface area contributed by atoms with Gasteiger partial charge in [0.15, 0.2) is 5.82 Å². The van der Waals surface area contributed by atoms with Crippen LogP contribution < -0.4 is 21.9 Å². The van der Waals surface area contributed by atoms with Gasteiger partial charge in [-0.3, -0.25) is 10.1 Å². The number of nitrogens with zero attached hydrogens (tertiary/aromatic N) is 1. The number of rotatable bonds is 2. The highest BCUT2D eigenvalue weighted by molar-refractivity contribution is 6.33. The van der Waals surface area contributed by atoms with Crippen LogP contribution in [0, 0.1) is 0 Å². The van der Waals surface area contributed by atoms with E-state index in [0.717, 1.165) is 0 Å². The number of halogens is 1. The second-order valence-corrected chi connectivity index (χ2v) is 4.03. The predicted molar refractivity (Wildman–Crippen MR) is 73.4 cm³/mol. The first-order chi connectivity index (χ1) is 9.04. The summed E-state index contributed by atoms with van der Waals surface area (Å²) >= 11 is 5.83. The highest BCUT2D eigenvalue weighted by Gasteiger charge is 2.05. The molecular weight excluding hydrogens is 270 g/mol. The van der Waals surface area contributed by atoms with Crippen LogP contribution in [0.2, 0.25) is 5.02 Å². The zero-order valence-electron chi connectivity index (χ0n) is 9.61. The van der Waals surface area contributed by atoms with Gasteiger partial charge in [0.1, 0.15) is 0 Å². The number of urea groups is 1. The third-order valence-electron chi connectivity index (χ3n) is 2.18. The Morgan fingerprint density at radius 3 is 2.68 bits per heavy atom. The van der Waals surface area contributed by atoms with Gasteiger partial charge in [-0.05, 0) is 24.3 Å². The number of nitrogens with two attached hydrogens (primary N) is 1. The van der Waals surface area contributed by atoms with Crippen molar-refractivity contribution in [3.05, 3.63) is 45.7 Å². The maximum absolute atomic E-state index is 11.6. The first-order valence-electron chi connectivity index (χ1n) is 5.23. The molecule has 0 bridgehead atoms. The number of anilines is 3. The van der Waals surface area contributed by atoms with Crippen molar-refractivity contribution < 1.29 is 4.79 Å². The Balaban J connectivity index is 2.03. The molecular formula is C11H10ClN5O2. The normalized spacial score (nSPS) is 9.95. The number of hydrogen-bond donors (Lipinski definition) is 4. The van der Waals surface area contributed by atoms with Crippen molar-refractivity contribution in [2.24, 2.45) is 0 Å². The van der Waals surface area contributed by atoms with Crippen molar-refractivity contribution in [1.82, 2.24) is 10.2 Å². The molecule has 0 spiro atoms. The Hall–Kier alpha value is -2.54. The molecule has 2 rings (SSSR count). The van der Waals surface area contributed by atoms with E-state index in [9.17, 15) is 9.59 Å². The van der Waals surface area contributed by atoms with Crippen LogP contribution in [0.4, 0.5) is 22.0 Å². The molecule has 0 aliphatic heterocycles. The molecule has 1 aromatic carbocycles. The average molecular weight is 280 g/mol. The standard InChI is InChI=1S/C11H10ClN5O2/c12-7-5-6(1-2-8(7)13)14-11(19)15-9-3-4-10(18)17-16-9/h1-5H,13H2,(H,17,18)(H2,14,15,16,19). The zero-order chi connectivity index (χ0) is 13.8. The maximum Gasteiger partial charge on any atom is 0.324 e. The summed E-state index contributed by atoms with van der Waals surface area (Å²) in [5.74, 6) is 0.221. The number of carbonyl (C=O) groups excluding carboxylic acids is 1. The van der Waals surface area contributed by atoms with Gasteiger partial charge in [-0.15, -0.1) is 0 Å². The molecule has 0 saturated heterocycles. The summed E-state index contributed by atoms with van der Waals surface area (Å²) in [6.07, 6.45) is 0. The molecule has 19 heavy (non-hydrogen) atoms. The summed E-state index contributed by atoms with van der Waals surface area (Å²) < 4.78 is 0. The topological polar surface area (TPSA) is 113 Å². The van der Waals surface area contributed by atoms with Crippen molar-refractivity contribution in [2.75, 3.05) is 16.4 Å². The fraction of sp³-hybridized carbons (Fsp3) is 0. The summed E-state index contributed by atoms with van der Waals surface area (Å²) in [5, 5.41) is 11.2. The van der Waals surface area contributed by atoms with Crippen molar-refractivity contribution in [2.45, 2.75) is 0 Å². The summed E-state index contributed by atoms with van der Waals surface area (Å²) in [5.41, 5.74) is 6.12. The number of benzene rings is 1. The lowest BCUT2D eigenvalue weighted by molar-refractivity contribution is 0.262. The van der Waals surface area contributed by atoms with Gasteiger partial charge in [0.05, 0.1) is 10.7 Å². The molecule has 1 aromatic heterocycles. The van der Waals surface area contributed by atoms with Gasteiger partial charge in [-0.1, -0.05) is 11.6 Å². The van der Waals surface area contributed by atoms with Crippen LogP contribution in [-0.4, -0.2) is 16.2 Å². The lowest BCUT2D eigenvalue weighted by Crippen LogP contribution is -2.21. The average Bonchev–Trinajstić information content (AvgIpc) is 2.37. The molecule has 0 aliphatic carbocycles. The van der Waals surface area contributed by atoms with Gasteiger partial charge in [-0.2, -0.15) is 5.10 Å². The predicted octanol–water partition coefficient (Wildman–Crippen LogP) is 1.65. The van der Waals surface area contributed by atoms with Gasteiger partial charge in [0, 0.05) is 11.8 Å². The summed E-state index contributed by atoms with van der Waals surface area (Å²) in [7, 11) is 0. The molecule has 0 atom stereocenters. The van der Waals surface area contributed by atoms with Gasteiger partial charge < -0.3 is 11.1 Å². The molecule has 0 unspecified atom stereocenters. The van der Waals surface area contributed by atoms with E-state index in [1.807, 2.05) is 0 Å². The van der Waals surface area contributed by atoms with Crippen LogP contribution in [0.15, 0.2) is 35.1 Å². The minimum atomic E-state index is -0.514. The number of H-pyrrole nitrogens is 1. The second-order valence-electron chi connectivity index (χ2n) is 3.62. The van der Waals surface area contributed by atoms with E-state index in [4.69, 9.17) is 17.3 Å². The van der Waals surface area contributed by atoms with Crippen LogP contribution in [0.25, 0.3) is 0 Å². The van der Waals surface area contributed by atoms with Crippen LogP contribution in [0.1, 0.15) is 0 Å². The molecule has 2 aromatic rings. The van der Waals surface area contributed by atoms with E-state index in [0.29, 0.717) is 16.4 Å².